The van der Waals surface area contributed by atoms with E-state index in [0.717, 1.165) is 5.39 Å². The highest BCUT2D eigenvalue weighted by Gasteiger charge is 2.14. The number of amides is 1. The molecule has 0 fully saturated rings. The molecule has 2 heterocycles. The zero-order chi connectivity index (χ0) is 17.8. The minimum Gasteiger partial charge on any atom is -0.465 e. The number of thioether (sulfide) groups is 1. The van der Waals surface area contributed by atoms with E-state index in [2.05, 4.69) is 20.4 Å². The molecule has 25 heavy (non-hydrogen) atoms. The fraction of sp³-hybridized carbons (Fsp3) is 0.188. The van der Waals surface area contributed by atoms with Crippen LogP contribution in [-0.2, 0) is 16.6 Å². The van der Waals surface area contributed by atoms with E-state index in [1.165, 1.54) is 25.2 Å². The van der Waals surface area contributed by atoms with Gasteiger partial charge in [-0.05, 0) is 12.1 Å². The highest BCUT2D eigenvalue weighted by Crippen LogP contribution is 2.24. The Balaban J connectivity index is 1.70. The quantitative estimate of drug-likeness (QED) is 0.423. The van der Waals surface area contributed by atoms with E-state index in [9.17, 15) is 9.59 Å². The van der Waals surface area contributed by atoms with E-state index >= 15 is 0 Å². The van der Waals surface area contributed by atoms with Crippen LogP contribution < -0.4 is 5.32 Å². The Kier molecular flexibility index (Phi) is 4.94. The van der Waals surface area contributed by atoms with Crippen LogP contribution in [0.25, 0.3) is 11.0 Å². The smallest absolute Gasteiger partial charge is 0.339 e. The molecule has 3 aromatic rings. The summed E-state index contributed by atoms with van der Waals surface area (Å²) in [4.78, 5) is 32.3. The number of ether oxygens (including phenoxy) is 1. The number of aromatic nitrogens is 4. The average Bonchev–Trinajstić information content (AvgIpc) is 3.01. The van der Waals surface area contributed by atoms with Crippen LogP contribution in [0.15, 0.2) is 41.8 Å². The zero-order valence-corrected chi connectivity index (χ0v) is 14.4. The van der Waals surface area contributed by atoms with Gasteiger partial charge in [0.05, 0.1) is 35.7 Å². The molecule has 1 amide bonds. The Morgan fingerprint density at radius 1 is 1.28 bits per heavy atom. The topological polar surface area (TPSA) is 99.0 Å². The van der Waals surface area contributed by atoms with E-state index < -0.39 is 5.97 Å². The largest absolute Gasteiger partial charge is 0.465 e. The Morgan fingerprint density at radius 2 is 2.08 bits per heavy atom. The summed E-state index contributed by atoms with van der Waals surface area (Å²) in [5.41, 5.74) is 1.42. The Hall–Kier alpha value is -2.94. The number of fused-ring (bicyclic) bond motifs is 1. The molecule has 8 nitrogen and oxygen atoms in total. The molecule has 0 spiro atoms. The number of rotatable bonds is 5. The summed E-state index contributed by atoms with van der Waals surface area (Å²) in [6.45, 7) is 0. The van der Waals surface area contributed by atoms with E-state index in [1.54, 1.807) is 42.2 Å². The third-order valence-electron chi connectivity index (χ3n) is 3.44. The van der Waals surface area contributed by atoms with Crippen molar-refractivity contribution in [2.24, 2.45) is 7.05 Å². The fourth-order valence-corrected chi connectivity index (χ4v) is 3.02. The van der Waals surface area contributed by atoms with Crippen LogP contribution in [0.3, 0.4) is 0 Å². The molecular weight excluding hydrogens is 342 g/mol. The molecule has 1 aromatic carbocycles. The summed E-state index contributed by atoms with van der Waals surface area (Å²) < 4.78 is 6.36. The van der Waals surface area contributed by atoms with Crippen molar-refractivity contribution in [2.75, 3.05) is 18.2 Å². The van der Waals surface area contributed by atoms with Crippen LogP contribution in [0.4, 0.5) is 5.69 Å². The van der Waals surface area contributed by atoms with Crippen molar-refractivity contribution in [3.8, 4) is 0 Å². The lowest BCUT2D eigenvalue weighted by Gasteiger charge is -2.09. The van der Waals surface area contributed by atoms with Gasteiger partial charge < -0.3 is 10.1 Å². The maximum absolute atomic E-state index is 12.2. The molecule has 0 aliphatic heterocycles. The second kappa shape index (κ2) is 7.31. The number of anilines is 1. The third-order valence-corrected chi connectivity index (χ3v) is 4.44. The van der Waals surface area contributed by atoms with E-state index in [1.807, 2.05) is 0 Å². The highest BCUT2D eigenvalue weighted by atomic mass is 32.2. The van der Waals surface area contributed by atoms with Crippen LogP contribution in [0.5, 0.6) is 0 Å². The minimum atomic E-state index is -0.503. The first-order valence-electron chi connectivity index (χ1n) is 7.33. The molecule has 0 atom stereocenters. The summed E-state index contributed by atoms with van der Waals surface area (Å²) in [5, 5.41) is 8.33. The molecule has 1 N–H and O–H groups in total. The predicted molar refractivity (Wildman–Crippen MR) is 93.4 cm³/mol. The predicted octanol–water partition coefficient (Wildman–Crippen LogP) is 1.88. The van der Waals surface area contributed by atoms with Crippen molar-refractivity contribution in [2.45, 2.75) is 5.03 Å². The summed E-state index contributed by atoms with van der Waals surface area (Å²) in [6, 6.07) is 6.69. The minimum absolute atomic E-state index is 0.135. The molecule has 0 radical (unpaired) electrons. The van der Waals surface area contributed by atoms with Gasteiger partial charge in [0, 0.05) is 7.05 Å². The average molecular weight is 357 g/mol. The molecule has 2 aromatic heterocycles. The standard InChI is InChI=1S/C16H15N5O3S/c1-21-14-11(7-19-21)15(18-9-17-14)25-8-13(22)20-12-6-4-3-5-10(12)16(23)24-2/h3-7,9H,8H2,1-2H3,(H,20,22). The van der Waals surface area contributed by atoms with Crippen LogP contribution in [-0.4, -0.2) is 44.5 Å². The SMILES string of the molecule is COC(=O)c1ccccc1NC(=O)CSc1ncnc2c1cnn2C. The van der Waals surface area contributed by atoms with Gasteiger partial charge in [0.2, 0.25) is 5.91 Å². The van der Waals surface area contributed by atoms with E-state index in [0.29, 0.717) is 21.9 Å². The van der Waals surface area contributed by atoms with E-state index in [4.69, 9.17) is 4.74 Å². The number of esters is 1. The van der Waals surface area contributed by atoms with Gasteiger partial charge >= 0.3 is 5.97 Å². The molecule has 0 aliphatic rings. The van der Waals surface area contributed by atoms with Crippen molar-refractivity contribution in [1.29, 1.82) is 0 Å². The summed E-state index contributed by atoms with van der Waals surface area (Å²) in [6.07, 6.45) is 3.11. The first-order chi connectivity index (χ1) is 12.1. The number of benzene rings is 1. The van der Waals surface area contributed by atoms with Gasteiger partial charge in [0.1, 0.15) is 11.4 Å². The molecule has 0 aliphatic carbocycles. The van der Waals surface area contributed by atoms with Crippen LogP contribution in [0.1, 0.15) is 10.4 Å². The van der Waals surface area contributed by atoms with Gasteiger partial charge in [0.15, 0.2) is 5.65 Å². The van der Waals surface area contributed by atoms with Crippen molar-refractivity contribution >= 4 is 40.4 Å². The van der Waals surface area contributed by atoms with Gasteiger partial charge in [0.25, 0.3) is 0 Å². The molecule has 3 rings (SSSR count). The number of nitrogens with one attached hydrogen (secondary N) is 1. The second-order valence-corrected chi connectivity index (χ2v) is 6.02. The summed E-state index contributed by atoms with van der Waals surface area (Å²) in [7, 11) is 3.09. The first-order valence-corrected chi connectivity index (χ1v) is 8.31. The number of aryl methyl sites for hydroxylation is 1. The highest BCUT2D eigenvalue weighted by molar-refractivity contribution is 8.00. The molecule has 9 heteroatoms. The Morgan fingerprint density at radius 3 is 2.88 bits per heavy atom. The second-order valence-electron chi connectivity index (χ2n) is 5.06. The van der Waals surface area contributed by atoms with Gasteiger partial charge in [-0.25, -0.2) is 14.8 Å². The number of hydrogen-bond acceptors (Lipinski definition) is 7. The van der Waals surface area contributed by atoms with Crippen molar-refractivity contribution in [1.82, 2.24) is 19.7 Å². The number of para-hydroxylation sites is 1. The van der Waals surface area contributed by atoms with Gasteiger partial charge in [-0.3, -0.25) is 9.48 Å². The molecule has 0 bridgehead atoms. The van der Waals surface area contributed by atoms with Gasteiger partial charge in [-0.2, -0.15) is 5.10 Å². The first kappa shape index (κ1) is 16.9. The number of hydrogen-bond donors (Lipinski definition) is 1. The van der Waals surface area contributed by atoms with Crippen molar-refractivity contribution in [3.05, 3.63) is 42.4 Å². The van der Waals surface area contributed by atoms with Gasteiger partial charge in [-0.1, -0.05) is 23.9 Å². The van der Waals surface area contributed by atoms with Crippen LogP contribution in [0, 0.1) is 0 Å². The third kappa shape index (κ3) is 3.61. The molecular formula is C16H15N5O3S. The van der Waals surface area contributed by atoms with Crippen LogP contribution >= 0.6 is 11.8 Å². The molecule has 0 saturated heterocycles. The lowest BCUT2D eigenvalue weighted by molar-refractivity contribution is -0.113. The molecule has 0 saturated carbocycles. The lowest BCUT2D eigenvalue weighted by atomic mass is 10.2. The fourth-order valence-electron chi connectivity index (χ4n) is 2.26. The van der Waals surface area contributed by atoms with Gasteiger partial charge in [-0.15, -0.1) is 0 Å². The van der Waals surface area contributed by atoms with Crippen molar-refractivity contribution < 1.29 is 14.3 Å². The molecule has 0 unspecified atom stereocenters. The summed E-state index contributed by atoms with van der Waals surface area (Å²) in [5.74, 6) is -0.621. The van der Waals surface area contributed by atoms with Crippen LogP contribution in [0.2, 0.25) is 0 Å². The number of methoxy groups -OCH3 is 1. The van der Waals surface area contributed by atoms with E-state index in [-0.39, 0.29) is 11.7 Å². The maximum atomic E-state index is 12.2. The van der Waals surface area contributed by atoms with Crippen molar-refractivity contribution in [3.63, 3.8) is 0 Å². The maximum Gasteiger partial charge on any atom is 0.339 e. The Bertz CT molecular complexity index is 940. The summed E-state index contributed by atoms with van der Waals surface area (Å²) >= 11 is 1.28. The number of carbonyl (C=O) groups excluding carboxylic acids is 2. The number of carbonyl (C=O) groups is 2. The normalized spacial score (nSPS) is 10.6. The Labute approximate surface area is 147 Å². The molecule has 128 valence electrons. The monoisotopic (exact) mass is 357 g/mol. The lowest BCUT2D eigenvalue weighted by Crippen LogP contribution is -2.17. The zero-order valence-electron chi connectivity index (χ0n) is 13.6. The number of nitrogens with zero attached hydrogens (tertiary/aromatic N) is 4.